The first-order valence-electron chi connectivity index (χ1n) is 5.30. The van der Waals surface area contributed by atoms with E-state index in [0.717, 1.165) is 0 Å². The molecule has 0 aromatic heterocycles. The molecule has 0 amide bonds. The van der Waals surface area contributed by atoms with Crippen LogP contribution < -0.4 is 0 Å². The van der Waals surface area contributed by atoms with E-state index < -0.39 is 66.1 Å². The molecule has 0 saturated heterocycles. The minimum Gasteiger partial charge on any atom is -0.190 e. The highest BCUT2D eigenvalue weighted by molar-refractivity contribution is 8.06. The molecule has 0 aliphatic heterocycles. The van der Waals surface area contributed by atoms with Crippen LogP contribution in [0, 0.1) is 0 Å². The molecule has 0 fully saturated rings. The van der Waals surface area contributed by atoms with Crippen LogP contribution in [0.3, 0.4) is 0 Å². The molecule has 0 nitrogen and oxygen atoms in total. The van der Waals surface area contributed by atoms with Crippen LogP contribution in [0.5, 0.6) is 0 Å². The predicted molar refractivity (Wildman–Crippen MR) is 75.9 cm³/mol. The fraction of sp³-hybridized carbons (Fsp3) is 1.00. The average Bonchev–Trinajstić information content (AvgIpc) is 2.34. The van der Waals surface area contributed by atoms with Crippen LogP contribution in [-0.2, 0) is 0 Å². The number of hydrogen-bond acceptors (Lipinski definition) is 2. The molecule has 2 unspecified atom stereocenters. The summed E-state index contributed by atoms with van der Waals surface area (Å²) in [5.41, 5.74) is 0. The average molecular weight is 532 g/mol. The summed E-state index contributed by atoms with van der Waals surface area (Å²) in [7, 11) is 0. The van der Waals surface area contributed by atoms with E-state index in [1.54, 1.807) is 0 Å². The molecule has 2 atom stereocenters. The summed E-state index contributed by atoms with van der Waals surface area (Å²) in [6.45, 7) is 0. The summed E-state index contributed by atoms with van der Waals surface area (Å²) in [5, 5.41) is -23.3. The van der Waals surface area contributed by atoms with Crippen LogP contribution >= 0.6 is 69.9 Å². The van der Waals surface area contributed by atoms with Gasteiger partial charge in [-0.25, -0.2) is 0 Å². The Hall–Kier alpha value is 1.02. The zero-order chi connectivity index (χ0) is 21.6. The fourth-order valence-corrected chi connectivity index (χ4v) is 3.86. The lowest BCUT2D eigenvalue weighted by Gasteiger charge is -2.32. The highest BCUT2D eigenvalue weighted by atomic mass is 35.5. The molecule has 0 bridgehead atoms. The zero-order valence-electron chi connectivity index (χ0n) is 11.0. The van der Waals surface area contributed by atoms with E-state index in [4.69, 9.17) is 23.2 Å². The van der Waals surface area contributed by atoms with Crippen molar-refractivity contribution in [1.82, 2.24) is 0 Å². The van der Waals surface area contributed by atoms with E-state index >= 15 is 0 Å². The molecule has 0 heterocycles. The lowest BCUT2D eigenvalue weighted by Crippen LogP contribution is -2.51. The van der Waals surface area contributed by atoms with Gasteiger partial charge in [0.25, 0.3) is 0 Å². The normalized spacial score (nSPS) is 18.0. The van der Waals surface area contributed by atoms with Gasteiger partial charge in [0.2, 0.25) is 0 Å². The van der Waals surface area contributed by atoms with Crippen LogP contribution in [0.25, 0.3) is 0 Å². The topological polar surface area (TPSA) is 0 Å². The monoisotopic (exact) mass is 530 g/mol. The Labute approximate surface area is 165 Å². The second kappa shape index (κ2) is 8.04. The second-order valence-corrected chi connectivity index (χ2v) is 9.04. The van der Waals surface area contributed by atoms with Gasteiger partial charge in [0.05, 0.1) is 0 Å². The molecular weight excluding hydrogens is 530 g/mol. The maximum Gasteiger partial charge on any atom is 0.396 e. The molecule has 18 heteroatoms. The van der Waals surface area contributed by atoms with Crippen molar-refractivity contribution >= 4 is 69.9 Å². The van der Waals surface area contributed by atoms with Crippen molar-refractivity contribution in [2.24, 2.45) is 0 Å². The predicted octanol–water partition coefficient (Wildman–Crippen LogP) is 7.70. The second-order valence-electron chi connectivity index (χ2n) is 4.12. The van der Waals surface area contributed by atoms with E-state index in [-0.39, 0.29) is 0 Å². The Morgan fingerprint density at radius 3 is 0.846 bits per heavy atom. The maximum absolute atomic E-state index is 13.2. The van der Waals surface area contributed by atoms with Gasteiger partial charge in [-0.3, -0.25) is 0 Å². The third-order valence-corrected chi connectivity index (χ3v) is 6.38. The largest absolute Gasteiger partial charge is 0.396 e. The van der Waals surface area contributed by atoms with Crippen molar-refractivity contribution in [3.8, 4) is 0 Å². The summed E-state index contributed by atoms with van der Waals surface area (Å²) in [6, 6.07) is 0. The van der Waals surface area contributed by atoms with E-state index in [9.17, 15) is 52.7 Å². The van der Waals surface area contributed by atoms with Crippen molar-refractivity contribution in [2.45, 2.75) is 42.5 Å². The fourth-order valence-electron chi connectivity index (χ4n) is 0.868. The van der Waals surface area contributed by atoms with Gasteiger partial charge in [-0.05, 0) is 23.2 Å². The zero-order valence-corrected chi connectivity index (χ0v) is 15.7. The van der Waals surface area contributed by atoms with E-state index in [2.05, 4.69) is 23.2 Å². The van der Waals surface area contributed by atoms with Crippen molar-refractivity contribution < 1.29 is 52.7 Å². The molecule has 0 radical (unpaired) electrons. The quantitative estimate of drug-likeness (QED) is 0.221. The van der Waals surface area contributed by atoms with Crippen molar-refractivity contribution in [3.05, 3.63) is 0 Å². The Bertz CT molecular complexity index is 447. The van der Waals surface area contributed by atoms with Gasteiger partial charge in [0.15, 0.2) is 0 Å². The SMILES string of the molecule is FC(F)(Cl)C(F)(F)C(F)(F)SC(Cl)C(Cl)SC(F)(F)C(F)(F)C(F)(F)Cl. The van der Waals surface area contributed by atoms with Crippen LogP contribution in [0.4, 0.5) is 52.7 Å². The summed E-state index contributed by atoms with van der Waals surface area (Å²) >= 11 is 14.3. The van der Waals surface area contributed by atoms with Gasteiger partial charge < -0.3 is 0 Å². The van der Waals surface area contributed by atoms with Crippen molar-refractivity contribution in [2.75, 3.05) is 0 Å². The molecule has 26 heavy (non-hydrogen) atoms. The number of alkyl halides is 16. The first kappa shape index (κ1) is 27.0. The molecule has 0 N–H and O–H groups in total. The van der Waals surface area contributed by atoms with Gasteiger partial charge in [-0.2, -0.15) is 52.7 Å². The van der Waals surface area contributed by atoms with E-state index in [1.165, 1.54) is 0 Å². The van der Waals surface area contributed by atoms with Crippen LogP contribution in [0.1, 0.15) is 0 Å². The van der Waals surface area contributed by atoms with Crippen molar-refractivity contribution in [3.63, 3.8) is 0 Å². The first-order valence-corrected chi connectivity index (χ1v) is 8.68. The third kappa shape index (κ3) is 5.55. The smallest absolute Gasteiger partial charge is 0.190 e. The molecular formula is C8H2Cl4F12S2. The standard InChI is InChI=1S/C8H2Cl4F12S2/c9-1(25-7(21,22)3(13,14)5(11,17)18)2(10)26-8(23,24)4(15,16)6(12,19)20/h1-2H. The summed E-state index contributed by atoms with van der Waals surface area (Å²) in [6.07, 6.45) is 0. The van der Waals surface area contributed by atoms with Crippen molar-refractivity contribution in [1.29, 1.82) is 0 Å². The lowest BCUT2D eigenvalue weighted by molar-refractivity contribution is -0.241. The molecule has 0 aliphatic carbocycles. The van der Waals surface area contributed by atoms with Crippen LogP contribution in [-0.4, -0.2) is 42.5 Å². The Morgan fingerprint density at radius 2 is 0.692 bits per heavy atom. The number of thioether (sulfide) groups is 2. The molecule has 0 rings (SSSR count). The first-order chi connectivity index (χ1) is 11.0. The van der Waals surface area contributed by atoms with Gasteiger partial charge in [-0.1, -0.05) is 23.5 Å². The highest BCUT2D eigenvalue weighted by Crippen LogP contribution is 2.58. The minimum atomic E-state index is -6.27. The third-order valence-electron chi connectivity index (χ3n) is 2.17. The minimum absolute atomic E-state index is 1.63. The molecule has 0 spiro atoms. The van der Waals surface area contributed by atoms with E-state index in [0.29, 0.717) is 0 Å². The van der Waals surface area contributed by atoms with Gasteiger partial charge in [0, 0.05) is 0 Å². The lowest BCUT2D eigenvalue weighted by atomic mass is 10.3. The van der Waals surface area contributed by atoms with Crippen LogP contribution in [0.15, 0.2) is 0 Å². The van der Waals surface area contributed by atoms with Gasteiger partial charge in [-0.15, -0.1) is 23.2 Å². The number of rotatable bonds is 9. The Morgan fingerprint density at radius 1 is 0.500 bits per heavy atom. The van der Waals surface area contributed by atoms with Crippen LogP contribution in [0.2, 0.25) is 0 Å². The molecule has 0 aromatic carbocycles. The molecule has 0 saturated carbocycles. The maximum atomic E-state index is 13.2. The Balaban J connectivity index is 5.34. The number of halogens is 16. The molecule has 158 valence electrons. The summed E-state index contributed by atoms with van der Waals surface area (Å²) < 4.78 is 148. The summed E-state index contributed by atoms with van der Waals surface area (Å²) in [5.74, 6) is -12.5. The number of hydrogen-bond donors (Lipinski definition) is 0. The Kier molecular flexibility index (Phi) is 8.35. The molecule has 0 aliphatic rings. The molecule has 0 aromatic rings. The van der Waals surface area contributed by atoms with Gasteiger partial charge in [0.1, 0.15) is 9.42 Å². The van der Waals surface area contributed by atoms with Gasteiger partial charge >= 0.3 is 33.1 Å². The van der Waals surface area contributed by atoms with E-state index in [1.807, 2.05) is 0 Å². The highest BCUT2D eigenvalue weighted by Gasteiger charge is 2.74. The summed E-state index contributed by atoms with van der Waals surface area (Å²) in [4.78, 5) is 0.